The smallest absolute Gasteiger partial charge is 0.257 e. The highest BCUT2D eigenvalue weighted by Crippen LogP contribution is 2.18. The molecule has 31 heavy (non-hydrogen) atoms. The summed E-state index contributed by atoms with van der Waals surface area (Å²) in [6.07, 6.45) is 0.918. The summed E-state index contributed by atoms with van der Waals surface area (Å²) < 4.78 is 5.53. The molecule has 0 unspecified atom stereocenters. The highest BCUT2D eigenvalue weighted by molar-refractivity contribution is 7.80. The van der Waals surface area contributed by atoms with Gasteiger partial charge in [0, 0.05) is 31.7 Å². The molecule has 1 fully saturated rings. The van der Waals surface area contributed by atoms with Crippen molar-refractivity contribution in [1.82, 2.24) is 15.1 Å². The fraction of sp³-hybridized carbons (Fsp3) is 0.348. The number of carbonyl (C=O) groups excluding carboxylic acids is 2. The summed E-state index contributed by atoms with van der Waals surface area (Å²) in [5.41, 5.74) is 1.57. The van der Waals surface area contributed by atoms with E-state index in [-0.39, 0.29) is 16.9 Å². The van der Waals surface area contributed by atoms with Gasteiger partial charge in [0.05, 0.1) is 17.9 Å². The van der Waals surface area contributed by atoms with Gasteiger partial charge in [0.15, 0.2) is 5.11 Å². The second-order valence-electron chi connectivity index (χ2n) is 7.42. The number of anilines is 1. The van der Waals surface area contributed by atoms with E-state index in [9.17, 15) is 9.59 Å². The van der Waals surface area contributed by atoms with Gasteiger partial charge in [-0.15, -0.1) is 0 Å². The maximum Gasteiger partial charge on any atom is 0.257 e. The van der Waals surface area contributed by atoms with Crippen LogP contribution >= 0.6 is 12.2 Å². The maximum absolute atomic E-state index is 13.0. The largest absolute Gasteiger partial charge is 0.494 e. The van der Waals surface area contributed by atoms with E-state index in [1.54, 1.807) is 36.4 Å². The van der Waals surface area contributed by atoms with Crippen molar-refractivity contribution in [3.05, 3.63) is 59.7 Å². The predicted molar refractivity (Wildman–Crippen MR) is 126 cm³/mol. The van der Waals surface area contributed by atoms with E-state index < -0.39 is 0 Å². The van der Waals surface area contributed by atoms with Crippen molar-refractivity contribution < 1.29 is 14.3 Å². The van der Waals surface area contributed by atoms with Crippen molar-refractivity contribution in [1.29, 1.82) is 0 Å². The minimum atomic E-state index is -0.331. The average molecular weight is 441 g/mol. The Labute approximate surface area is 188 Å². The number of rotatable bonds is 6. The van der Waals surface area contributed by atoms with Crippen LogP contribution in [0, 0.1) is 0 Å². The predicted octanol–water partition coefficient (Wildman–Crippen LogP) is 2.99. The normalized spacial score (nSPS) is 14.1. The molecule has 8 heteroatoms. The van der Waals surface area contributed by atoms with Crippen LogP contribution in [-0.2, 0) is 0 Å². The van der Waals surface area contributed by atoms with E-state index in [0.717, 1.165) is 25.3 Å². The van der Waals surface area contributed by atoms with E-state index in [4.69, 9.17) is 17.0 Å². The van der Waals surface area contributed by atoms with E-state index >= 15 is 0 Å². The van der Waals surface area contributed by atoms with Crippen LogP contribution in [0.3, 0.4) is 0 Å². The average Bonchev–Trinajstić information content (AvgIpc) is 2.78. The minimum Gasteiger partial charge on any atom is -0.494 e. The Morgan fingerprint density at radius 3 is 2.39 bits per heavy atom. The number of likely N-dealkylation sites (N-methyl/N-ethyl adjacent to an activating group) is 1. The van der Waals surface area contributed by atoms with E-state index in [0.29, 0.717) is 36.5 Å². The first-order chi connectivity index (χ1) is 15.0. The van der Waals surface area contributed by atoms with Crippen LogP contribution in [0.2, 0.25) is 0 Å². The van der Waals surface area contributed by atoms with Crippen molar-refractivity contribution >= 4 is 34.8 Å². The van der Waals surface area contributed by atoms with Crippen LogP contribution in [0.25, 0.3) is 0 Å². The molecule has 1 heterocycles. The molecule has 0 atom stereocenters. The molecular weight excluding hydrogens is 412 g/mol. The van der Waals surface area contributed by atoms with Crippen molar-refractivity contribution in [2.24, 2.45) is 0 Å². The summed E-state index contributed by atoms with van der Waals surface area (Å²) in [4.78, 5) is 29.5. The van der Waals surface area contributed by atoms with Gasteiger partial charge in [-0.05, 0) is 62.1 Å². The van der Waals surface area contributed by atoms with Gasteiger partial charge in [-0.2, -0.15) is 0 Å². The minimum absolute atomic E-state index is 0.0482. The zero-order valence-corrected chi connectivity index (χ0v) is 18.7. The number of nitrogens with one attached hydrogen (secondary N) is 2. The third-order valence-electron chi connectivity index (χ3n) is 5.01. The summed E-state index contributed by atoms with van der Waals surface area (Å²) in [6.45, 7) is 5.72. The fourth-order valence-corrected chi connectivity index (χ4v) is 3.41. The molecule has 2 N–H and O–H groups in total. The van der Waals surface area contributed by atoms with Gasteiger partial charge in [-0.3, -0.25) is 14.9 Å². The molecule has 0 aliphatic carbocycles. The molecule has 0 spiro atoms. The molecule has 0 bridgehead atoms. The van der Waals surface area contributed by atoms with Crippen LogP contribution in [0.1, 0.15) is 34.1 Å². The first-order valence-electron chi connectivity index (χ1n) is 10.4. The highest BCUT2D eigenvalue weighted by atomic mass is 32.1. The number of thiocarbonyl (C=S) groups is 1. The Hall–Kier alpha value is -2.97. The fourth-order valence-electron chi connectivity index (χ4n) is 3.21. The first-order valence-corrected chi connectivity index (χ1v) is 10.8. The summed E-state index contributed by atoms with van der Waals surface area (Å²) in [5.74, 6) is 0.339. The number of para-hydroxylation sites is 1. The zero-order valence-electron chi connectivity index (χ0n) is 17.9. The van der Waals surface area contributed by atoms with Gasteiger partial charge in [-0.25, -0.2) is 0 Å². The van der Waals surface area contributed by atoms with E-state index in [1.807, 2.05) is 31.0 Å². The van der Waals surface area contributed by atoms with Gasteiger partial charge in [0.2, 0.25) is 0 Å². The molecule has 2 aromatic rings. The molecule has 164 valence electrons. The Bertz CT molecular complexity index is 925. The van der Waals surface area contributed by atoms with Crippen LogP contribution in [0.15, 0.2) is 48.5 Å². The highest BCUT2D eigenvalue weighted by Gasteiger charge is 2.22. The molecule has 0 saturated carbocycles. The van der Waals surface area contributed by atoms with Gasteiger partial charge in [0.1, 0.15) is 5.75 Å². The lowest BCUT2D eigenvalue weighted by Crippen LogP contribution is -2.47. The lowest BCUT2D eigenvalue weighted by atomic mass is 10.1. The molecule has 2 amide bonds. The third-order valence-corrected chi connectivity index (χ3v) is 5.22. The second-order valence-corrected chi connectivity index (χ2v) is 7.83. The van der Waals surface area contributed by atoms with Crippen molar-refractivity contribution in [2.75, 3.05) is 45.2 Å². The lowest BCUT2D eigenvalue weighted by Gasteiger charge is -2.32. The Kier molecular flexibility index (Phi) is 7.97. The molecule has 7 nitrogen and oxygen atoms in total. The molecule has 2 aromatic carbocycles. The number of ether oxygens (including phenoxy) is 1. The number of carbonyl (C=O) groups is 2. The SMILES string of the molecule is CCCOc1ccc(C(=O)NC(=S)Nc2ccccc2C(=O)N2CCN(C)CC2)cc1. The number of benzene rings is 2. The van der Waals surface area contributed by atoms with E-state index in [1.165, 1.54) is 0 Å². The molecular formula is C23H28N4O3S. The molecule has 3 rings (SSSR count). The summed E-state index contributed by atoms with van der Waals surface area (Å²) in [6, 6.07) is 14.1. The first kappa shape index (κ1) is 22.7. The van der Waals surface area contributed by atoms with Crippen molar-refractivity contribution in [2.45, 2.75) is 13.3 Å². The third kappa shape index (κ3) is 6.26. The summed E-state index contributed by atoms with van der Waals surface area (Å²) in [7, 11) is 2.05. The summed E-state index contributed by atoms with van der Waals surface area (Å²) in [5, 5.41) is 5.80. The number of nitrogens with zero attached hydrogens (tertiary/aromatic N) is 2. The Balaban J connectivity index is 1.61. The standard InChI is InChI=1S/C23H28N4O3S/c1-3-16-30-18-10-8-17(9-11-18)21(28)25-23(31)24-20-7-5-4-6-19(20)22(29)27-14-12-26(2)13-15-27/h4-11H,3,12-16H2,1-2H3,(H2,24,25,28,31). The molecule has 1 saturated heterocycles. The number of amides is 2. The van der Waals surface area contributed by atoms with Gasteiger partial charge in [0.25, 0.3) is 11.8 Å². The monoisotopic (exact) mass is 440 g/mol. The molecule has 0 radical (unpaired) electrons. The molecule has 1 aliphatic heterocycles. The zero-order chi connectivity index (χ0) is 22.2. The lowest BCUT2D eigenvalue weighted by molar-refractivity contribution is 0.0665. The van der Waals surface area contributed by atoms with Crippen LogP contribution in [-0.4, -0.2) is 66.6 Å². The number of hydrogen-bond donors (Lipinski definition) is 2. The molecule has 1 aliphatic rings. The van der Waals surface area contributed by atoms with Gasteiger partial charge >= 0.3 is 0 Å². The quantitative estimate of drug-likeness (QED) is 0.673. The number of hydrogen-bond acceptors (Lipinski definition) is 5. The van der Waals surface area contributed by atoms with Crippen LogP contribution < -0.4 is 15.4 Å². The molecule has 0 aromatic heterocycles. The number of piperazine rings is 1. The Morgan fingerprint density at radius 1 is 1.03 bits per heavy atom. The van der Waals surface area contributed by atoms with Crippen molar-refractivity contribution in [3.63, 3.8) is 0 Å². The maximum atomic E-state index is 13.0. The van der Waals surface area contributed by atoms with Crippen LogP contribution in [0.4, 0.5) is 5.69 Å². The topological polar surface area (TPSA) is 73.9 Å². The van der Waals surface area contributed by atoms with Gasteiger partial charge in [-0.1, -0.05) is 19.1 Å². The van der Waals surface area contributed by atoms with E-state index in [2.05, 4.69) is 15.5 Å². The summed E-state index contributed by atoms with van der Waals surface area (Å²) >= 11 is 5.31. The second kappa shape index (κ2) is 10.9. The Morgan fingerprint density at radius 2 is 1.71 bits per heavy atom. The van der Waals surface area contributed by atoms with Crippen LogP contribution in [0.5, 0.6) is 5.75 Å². The van der Waals surface area contributed by atoms with Gasteiger partial charge < -0.3 is 19.9 Å². The van der Waals surface area contributed by atoms with Crippen molar-refractivity contribution in [3.8, 4) is 5.75 Å².